The molecule has 0 aliphatic carbocycles. The normalized spacial score (nSPS) is 9.64. The molecule has 0 aromatic carbocycles. The van der Waals surface area contributed by atoms with E-state index in [1.54, 1.807) is 13.0 Å². The molecule has 11 heavy (non-hydrogen) atoms. The number of nitrogens with one attached hydrogen (secondary N) is 1. The molecule has 1 amide bonds. The molecule has 0 bridgehead atoms. The van der Waals surface area contributed by atoms with Gasteiger partial charge in [0.2, 0.25) is 5.91 Å². The maximum Gasteiger partial charge on any atom is 0.325 e. The van der Waals surface area contributed by atoms with E-state index >= 15 is 0 Å². The van der Waals surface area contributed by atoms with Crippen molar-refractivity contribution < 1.29 is 14.3 Å². The molecule has 0 heterocycles. The first-order valence-corrected chi connectivity index (χ1v) is 3.18. The fourth-order valence-electron chi connectivity index (χ4n) is 0.442. The first kappa shape index (κ1) is 9.68. The van der Waals surface area contributed by atoms with E-state index in [1.807, 2.05) is 0 Å². The topological polar surface area (TPSA) is 55.4 Å². The number of ether oxygens (including phenoxy) is 1. The summed E-state index contributed by atoms with van der Waals surface area (Å²) in [6.07, 6.45) is 2.93. The van der Waals surface area contributed by atoms with Crippen LogP contribution in [0.1, 0.15) is 6.92 Å². The van der Waals surface area contributed by atoms with Crippen LogP contribution in [-0.4, -0.2) is 25.5 Å². The molecule has 0 rings (SSSR count). The third-order valence-corrected chi connectivity index (χ3v) is 0.953. The minimum atomic E-state index is -0.456. The van der Waals surface area contributed by atoms with Gasteiger partial charge in [-0.15, -0.1) is 0 Å². The summed E-state index contributed by atoms with van der Waals surface area (Å²) in [7, 11) is 1.27. The van der Waals surface area contributed by atoms with Gasteiger partial charge in [0.15, 0.2) is 0 Å². The molecule has 0 radical (unpaired) electrons. The molecule has 0 aromatic rings. The number of rotatable bonds is 3. The molecule has 0 fully saturated rings. The predicted molar refractivity (Wildman–Crippen MR) is 39.8 cm³/mol. The predicted octanol–water partition coefficient (Wildman–Crippen LogP) is -0.148. The van der Waals surface area contributed by atoms with Gasteiger partial charge in [0.1, 0.15) is 6.54 Å². The van der Waals surface area contributed by atoms with Crippen LogP contribution in [-0.2, 0) is 14.3 Å². The Morgan fingerprint density at radius 2 is 2.18 bits per heavy atom. The van der Waals surface area contributed by atoms with Crippen LogP contribution >= 0.6 is 0 Å². The number of carbonyl (C=O) groups is 2. The Morgan fingerprint density at radius 3 is 2.64 bits per heavy atom. The van der Waals surface area contributed by atoms with Gasteiger partial charge in [0, 0.05) is 0 Å². The van der Waals surface area contributed by atoms with E-state index in [0.717, 1.165) is 0 Å². The zero-order valence-corrected chi connectivity index (χ0v) is 6.59. The Hall–Kier alpha value is -1.32. The van der Waals surface area contributed by atoms with Crippen LogP contribution in [0.25, 0.3) is 0 Å². The highest BCUT2D eigenvalue weighted by Gasteiger charge is 2.00. The molecule has 4 heteroatoms. The minimum absolute atomic E-state index is 0.0837. The van der Waals surface area contributed by atoms with E-state index in [2.05, 4.69) is 10.1 Å². The van der Waals surface area contributed by atoms with Crippen molar-refractivity contribution in [1.82, 2.24) is 5.32 Å². The summed E-state index contributed by atoms with van der Waals surface area (Å²) in [6.45, 7) is 1.64. The molecule has 1 N–H and O–H groups in total. The summed E-state index contributed by atoms with van der Waals surface area (Å²) in [5.74, 6) is -0.749. The van der Waals surface area contributed by atoms with Crippen LogP contribution in [0.15, 0.2) is 12.2 Å². The van der Waals surface area contributed by atoms with Crippen molar-refractivity contribution in [3.05, 3.63) is 12.2 Å². The lowest BCUT2D eigenvalue weighted by molar-refractivity contribution is -0.140. The fourth-order valence-corrected chi connectivity index (χ4v) is 0.442. The van der Waals surface area contributed by atoms with Gasteiger partial charge in [-0.05, 0) is 13.0 Å². The monoisotopic (exact) mass is 157 g/mol. The Kier molecular flexibility index (Phi) is 4.81. The van der Waals surface area contributed by atoms with E-state index in [-0.39, 0.29) is 12.5 Å². The van der Waals surface area contributed by atoms with Gasteiger partial charge in [0.25, 0.3) is 0 Å². The SMILES string of the molecule is CC=CC(=O)NCC(=O)OC. The highest BCUT2D eigenvalue weighted by molar-refractivity contribution is 5.89. The second-order valence-corrected chi connectivity index (χ2v) is 1.79. The lowest BCUT2D eigenvalue weighted by Crippen LogP contribution is -2.28. The van der Waals surface area contributed by atoms with Crippen molar-refractivity contribution in [3.8, 4) is 0 Å². The van der Waals surface area contributed by atoms with E-state index in [4.69, 9.17) is 0 Å². The summed E-state index contributed by atoms with van der Waals surface area (Å²) in [4.78, 5) is 21.1. The molecule has 0 aliphatic rings. The summed E-state index contributed by atoms with van der Waals surface area (Å²) in [6, 6.07) is 0. The Bertz CT molecular complexity index is 175. The molecule has 0 aliphatic heterocycles. The molecule has 0 spiro atoms. The highest BCUT2D eigenvalue weighted by Crippen LogP contribution is 1.73. The van der Waals surface area contributed by atoms with Crippen molar-refractivity contribution >= 4 is 11.9 Å². The number of esters is 1. The van der Waals surface area contributed by atoms with E-state index < -0.39 is 5.97 Å². The van der Waals surface area contributed by atoms with Gasteiger partial charge < -0.3 is 10.1 Å². The van der Waals surface area contributed by atoms with Crippen LogP contribution in [0.5, 0.6) is 0 Å². The molecule has 4 nitrogen and oxygen atoms in total. The third kappa shape index (κ3) is 5.14. The molecule has 0 atom stereocenters. The number of carbonyl (C=O) groups excluding carboxylic acids is 2. The van der Waals surface area contributed by atoms with Crippen LogP contribution in [0.2, 0.25) is 0 Å². The maximum absolute atomic E-state index is 10.7. The van der Waals surface area contributed by atoms with Crippen LogP contribution in [0.4, 0.5) is 0 Å². The van der Waals surface area contributed by atoms with E-state index in [9.17, 15) is 9.59 Å². The van der Waals surface area contributed by atoms with Crippen LogP contribution < -0.4 is 5.32 Å². The average Bonchev–Trinajstić information content (AvgIpc) is 2.01. The number of hydrogen-bond acceptors (Lipinski definition) is 3. The molecule has 0 aromatic heterocycles. The maximum atomic E-state index is 10.7. The minimum Gasteiger partial charge on any atom is -0.468 e. The van der Waals surface area contributed by atoms with Gasteiger partial charge in [0.05, 0.1) is 7.11 Å². The van der Waals surface area contributed by atoms with E-state index in [0.29, 0.717) is 0 Å². The molecular weight excluding hydrogens is 146 g/mol. The van der Waals surface area contributed by atoms with Gasteiger partial charge in [-0.2, -0.15) is 0 Å². The number of methoxy groups -OCH3 is 1. The summed E-state index contributed by atoms with van der Waals surface area (Å²) < 4.78 is 4.30. The van der Waals surface area contributed by atoms with Crippen molar-refractivity contribution in [3.63, 3.8) is 0 Å². The lowest BCUT2D eigenvalue weighted by Gasteiger charge is -1.98. The van der Waals surface area contributed by atoms with Gasteiger partial charge in [-0.3, -0.25) is 9.59 Å². The zero-order valence-electron chi connectivity index (χ0n) is 6.59. The first-order valence-electron chi connectivity index (χ1n) is 3.18. The van der Waals surface area contributed by atoms with Gasteiger partial charge >= 0.3 is 5.97 Å². The molecule has 0 saturated carbocycles. The summed E-state index contributed by atoms with van der Waals surface area (Å²) in [5, 5.41) is 2.33. The molecular formula is C7H11NO3. The Morgan fingerprint density at radius 1 is 1.55 bits per heavy atom. The summed E-state index contributed by atoms with van der Waals surface area (Å²) >= 11 is 0. The smallest absolute Gasteiger partial charge is 0.325 e. The fraction of sp³-hybridized carbons (Fsp3) is 0.429. The Labute approximate surface area is 65.2 Å². The zero-order chi connectivity index (χ0) is 8.69. The second kappa shape index (κ2) is 5.46. The molecule has 0 saturated heterocycles. The van der Waals surface area contributed by atoms with Crippen molar-refractivity contribution in [1.29, 1.82) is 0 Å². The Balaban J connectivity index is 3.54. The van der Waals surface area contributed by atoms with Crippen molar-refractivity contribution in [2.24, 2.45) is 0 Å². The highest BCUT2D eigenvalue weighted by atomic mass is 16.5. The standard InChI is InChI=1S/C7H11NO3/c1-3-4-6(9)8-5-7(10)11-2/h3-4H,5H2,1-2H3,(H,8,9). The number of amides is 1. The second-order valence-electron chi connectivity index (χ2n) is 1.79. The quantitative estimate of drug-likeness (QED) is 0.458. The average molecular weight is 157 g/mol. The first-order chi connectivity index (χ1) is 5.20. The number of allylic oxidation sites excluding steroid dienone is 1. The lowest BCUT2D eigenvalue weighted by atomic mass is 10.5. The molecule has 0 unspecified atom stereocenters. The molecule has 62 valence electrons. The third-order valence-electron chi connectivity index (χ3n) is 0.953. The van der Waals surface area contributed by atoms with Gasteiger partial charge in [-0.25, -0.2) is 0 Å². The largest absolute Gasteiger partial charge is 0.468 e. The van der Waals surface area contributed by atoms with E-state index in [1.165, 1.54) is 13.2 Å². The van der Waals surface area contributed by atoms with Crippen LogP contribution in [0, 0.1) is 0 Å². The van der Waals surface area contributed by atoms with Crippen LogP contribution in [0.3, 0.4) is 0 Å². The number of hydrogen-bond donors (Lipinski definition) is 1. The van der Waals surface area contributed by atoms with Gasteiger partial charge in [-0.1, -0.05) is 6.08 Å². The van der Waals surface area contributed by atoms with Crippen molar-refractivity contribution in [2.45, 2.75) is 6.92 Å². The van der Waals surface area contributed by atoms with Crippen molar-refractivity contribution in [2.75, 3.05) is 13.7 Å². The summed E-state index contributed by atoms with van der Waals surface area (Å²) in [5.41, 5.74) is 0.